The number of alkyl halides is 2. The molecule has 4 rings (SSSR count). The molecule has 0 saturated heterocycles. The maximum absolute atomic E-state index is 12.8. The van der Waals surface area contributed by atoms with Crippen LogP contribution in [-0.2, 0) is 11.3 Å². The molecule has 5 nitrogen and oxygen atoms in total. The van der Waals surface area contributed by atoms with Gasteiger partial charge in [0.25, 0.3) is 0 Å². The molecule has 208 valence electrons. The van der Waals surface area contributed by atoms with Gasteiger partial charge in [-0.3, -0.25) is 4.79 Å². The lowest BCUT2D eigenvalue weighted by Crippen LogP contribution is -2.30. The van der Waals surface area contributed by atoms with Gasteiger partial charge >= 0.3 is 0 Å². The van der Waals surface area contributed by atoms with Crippen molar-refractivity contribution in [2.45, 2.75) is 69.7 Å². The Morgan fingerprint density at radius 1 is 1.05 bits per heavy atom. The van der Waals surface area contributed by atoms with E-state index in [1.54, 1.807) is 7.11 Å². The van der Waals surface area contributed by atoms with E-state index in [4.69, 9.17) is 32.9 Å². The topological polar surface area (TPSA) is 56.2 Å². The Balaban J connectivity index is 1.51. The maximum Gasteiger partial charge on any atom is 0.239 e. The molecule has 1 heterocycles. The quantitative estimate of drug-likeness (QED) is 0.269. The second-order valence-electron chi connectivity index (χ2n) is 11.5. The van der Waals surface area contributed by atoms with E-state index in [1.807, 2.05) is 35.0 Å². The van der Waals surface area contributed by atoms with Crippen LogP contribution in [0, 0.1) is 5.41 Å². The Morgan fingerprint density at radius 2 is 1.72 bits per heavy atom. The Morgan fingerprint density at radius 3 is 2.33 bits per heavy atom. The number of nitrogens with one attached hydrogen (secondary N) is 1. The zero-order valence-electron chi connectivity index (χ0n) is 23.3. The van der Waals surface area contributed by atoms with Crippen molar-refractivity contribution in [3.8, 4) is 16.9 Å². The number of hydrogen-bond acceptors (Lipinski definition) is 3. The molecule has 0 aliphatic heterocycles. The highest BCUT2D eigenvalue weighted by Gasteiger charge is 2.31. The van der Waals surface area contributed by atoms with Gasteiger partial charge in [-0.25, -0.2) is 4.98 Å². The van der Waals surface area contributed by atoms with Gasteiger partial charge in [-0.05, 0) is 66.0 Å². The van der Waals surface area contributed by atoms with Crippen molar-refractivity contribution in [2.24, 2.45) is 5.41 Å². The van der Waals surface area contributed by atoms with Crippen LogP contribution in [0.3, 0.4) is 0 Å². The Labute approximate surface area is 242 Å². The van der Waals surface area contributed by atoms with E-state index in [0.717, 1.165) is 59.6 Å². The van der Waals surface area contributed by atoms with Crippen LogP contribution >= 0.6 is 23.2 Å². The first-order valence-corrected chi connectivity index (χ1v) is 14.5. The lowest BCUT2D eigenvalue weighted by molar-refractivity contribution is -0.121. The molecular weight excluding hydrogens is 529 g/mol. The lowest BCUT2D eigenvalue weighted by atomic mass is 9.86. The van der Waals surface area contributed by atoms with Crippen LogP contribution in [-0.4, -0.2) is 39.9 Å². The van der Waals surface area contributed by atoms with E-state index in [2.05, 4.69) is 62.5 Å². The van der Waals surface area contributed by atoms with Gasteiger partial charge in [-0.15, -0.1) is 23.2 Å². The number of rotatable bonds is 9. The van der Waals surface area contributed by atoms with Gasteiger partial charge < -0.3 is 14.6 Å². The van der Waals surface area contributed by atoms with Crippen molar-refractivity contribution in [2.75, 3.05) is 13.7 Å². The number of benzene rings is 2. The molecule has 3 aromatic rings. The summed E-state index contributed by atoms with van der Waals surface area (Å²) in [5.74, 6) is 1.69. The molecule has 39 heavy (non-hydrogen) atoms. The minimum atomic E-state index is -0.0625. The molecule has 0 radical (unpaired) electrons. The van der Waals surface area contributed by atoms with Crippen molar-refractivity contribution in [3.05, 3.63) is 71.8 Å². The van der Waals surface area contributed by atoms with Gasteiger partial charge in [0.1, 0.15) is 18.1 Å². The molecule has 1 amide bonds. The Hall–Kier alpha value is -2.76. The van der Waals surface area contributed by atoms with Gasteiger partial charge in [-0.2, -0.15) is 0 Å². The van der Waals surface area contributed by atoms with Crippen LogP contribution in [0.15, 0.2) is 54.7 Å². The average Bonchev–Trinajstić information content (AvgIpc) is 3.29. The summed E-state index contributed by atoms with van der Waals surface area (Å²) in [7, 11) is 1.67. The summed E-state index contributed by atoms with van der Waals surface area (Å²) >= 11 is 13.1. The van der Waals surface area contributed by atoms with Gasteiger partial charge in [-0.1, -0.05) is 63.2 Å². The fraction of sp³-hybridized carbons (Fsp3) is 0.438. The fourth-order valence-electron chi connectivity index (χ4n) is 4.82. The second kappa shape index (κ2) is 13.1. The molecule has 1 aromatic heterocycles. The summed E-state index contributed by atoms with van der Waals surface area (Å²) in [5.41, 5.74) is 4.41. The van der Waals surface area contributed by atoms with Crippen molar-refractivity contribution in [3.63, 3.8) is 0 Å². The van der Waals surface area contributed by atoms with Gasteiger partial charge in [0.2, 0.25) is 5.91 Å². The summed E-state index contributed by atoms with van der Waals surface area (Å²) in [5, 5.41) is 3.11. The molecular formula is C32H39Cl2N3O2. The van der Waals surface area contributed by atoms with E-state index in [9.17, 15) is 4.79 Å². The van der Waals surface area contributed by atoms with Crippen LogP contribution in [0.4, 0.5) is 0 Å². The van der Waals surface area contributed by atoms with Crippen LogP contribution in [0.1, 0.15) is 69.5 Å². The monoisotopic (exact) mass is 567 g/mol. The number of nitrogens with zero attached hydrogens (tertiary/aromatic N) is 2. The first-order chi connectivity index (χ1) is 18.6. The SMILES string of the molecule is COc1ccc(-c2ccc(/C=C/c3nc(C4CCC(Cl)CC4Cl)cn3CC(=O)NCCC(C)(C)C)cc2)cc1. The first kappa shape index (κ1) is 29.2. The summed E-state index contributed by atoms with van der Waals surface area (Å²) in [6, 6.07) is 16.4. The maximum atomic E-state index is 12.8. The molecule has 1 N–H and O–H groups in total. The first-order valence-electron chi connectivity index (χ1n) is 13.7. The normalized spacial score (nSPS) is 19.8. The summed E-state index contributed by atoms with van der Waals surface area (Å²) in [6.07, 6.45) is 9.50. The third-order valence-corrected chi connectivity index (χ3v) is 8.06. The molecule has 7 heteroatoms. The average molecular weight is 569 g/mol. The van der Waals surface area contributed by atoms with E-state index in [0.29, 0.717) is 6.54 Å². The van der Waals surface area contributed by atoms with Crippen molar-refractivity contribution in [1.29, 1.82) is 0 Å². The molecule has 2 aromatic carbocycles. The highest BCUT2D eigenvalue weighted by Crippen LogP contribution is 2.38. The number of amides is 1. The number of carbonyl (C=O) groups is 1. The molecule has 3 atom stereocenters. The zero-order chi connectivity index (χ0) is 28.0. The van der Waals surface area contributed by atoms with Crippen LogP contribution in [0.25, 0.3) is 23.3 Å². The Bertz CT molecular complexity index is 1260. The van der Waals surface area contributed by atoms with Crippen molar-refractivity contribution < 1.29 is 9.53 Å². The number of imidazole rings is 1. The standard InChI is InChI=1S/C32H39Cl2N3O2/c1-32(2,3)17-18-35-31(38)21-37-20-29(27-15-12-25(33)19-28(27)34)36-30(37)16-7-22-5-8-23(9-6-22)24-10-13-26(39-4)14-11-24/h5-11,13-14,16,20,25,27-28H,12,15,17-19,21H2,1-4H3,(H,35,38)/b16-7+. The largest absolute Gasteiger partial charge is 0.497 e. The van der Waals surface area contributed by atoms with Crippen molar-refractivity contribution in [1.82, 2.24) is 14.9 Å². The number of methoxy groups -OCH3 is 1. The van der Waals surface area contributed by atoms with Crippen LogP contribution < -0.4 is 10.1 Å². The fourth-order valence-corrected chi connectivity index (χ4v) is 5.70. The molecule has 1 fully saturated rings. The zero-order valence-corrected chi connectivity index (χ0v) is 24.8. The third-order valence-electron chi connectivity index (χ3n) is 7.18. The number of hydrogen-bond donors (Lipinski definition) is 1. The van der Waals surface area contributed by atoms with Crippen LogP contribution in [0.5, 0.6) is 5.75 Å². The molecule has 1 aliphatic carbocycles. The van der Waals surface area contributed by atoms with Gasteiger partial charge in [0.05, 0.1) is 12.8 Å². The molecule has 3 unspecified atom stereocenters. The van der Waals surface area contributed by atoms with E-state index in [-0.39, 0.29) is 34.5 Å². The molecule has 0 bridgehead atoms. The number of ether oxygens (including phenoxy) is 1. The van der Waals surface area contributed by atoms with Gasteiger partial charge in [0, 0.05) is 29.4 Å². The predicted octanol–water partition coefficient (Wildman–Crippen LogP) is 7.76. The Kier molecular flexibility index (Phi) is 9.79. The van der Waals surface area contributed by atoms with E-state index < -0.39 is 0 Å². The number of carbonyl (C=O) groups excluding carboxylic acids is 1. The summed E-state index contributed by atoms with van der Waals surface area (Å²) in [4.78, 5) is 17.7. The molecule has 0 spiro atoms. The minimum absolute atomic E-state index is 0.0198. The minimum Gasteiger partial charge on any atom is -0.497 e. The van der Waals surface area contributed by atoms with Gasteiger partial charge in [0.15, 0.2) is 0 Å². The predicted molar refractivity (Wildman–Crippen MR) is 163 cm³/mol. The highest BCUT2D eigenvalue weighted by molar-refractivity contribution is 6.24. The summed E-state index contributed by atoms with van der Waals surface area (Å²) < 4.78 is 7.19. The highest BCUT2D eigenvalue weighted by atomic mass is 35.5. The third kappa shape index (κ3) is 8.36. The smallest absolute Gasteiger partial charge is 0.239 e. The number of aromatic nitrogens is 2. The second-order valence-corrected chi connectivity index (χ2v) is 12.7. The van der Waals surface area contributed by atoms with Crippen molar-refractivity contribution >= 4 is 41.3 Å². The number of halogens is 2. The molecule has 1 saturated carbocycles. The van der Waals surface area contributed by atoms with E-state index in [1.165, 1.54) is 0 Å². The molecule has 1 aliphatic rings. The lowest BCUT2D eigenvalue weighted by Gasteiger charge is -2.28. The van der Waals surface area contributed by atoms with Crippen LogP contribution in [0.2, 0.25) is 0 Å². The van der Waals surface area contributed by atoms with E-state index >= 15 is 0 Å². The summed E-state index contributed by atoms with van der Waals surface area (Å²) in [6.45, 7) is 7.38.